The molecule has 0 spiro atoms. The summed E-state index contributed by atoms with van der Waals surface area (Å²) in [5, 5.41) is 8.84. The highest BCUT2D eigenvalue weighted by Gasteiger charge is 2.26. The molecule has 0 fully saturated rings. The lowest BCUT2D eigenvalue weighted by atomic mass is 10.2. The number of nitrogens with zero attached hydrogens (tertiary/aromatic N) is 2. The standard InChI is InChI=1S/C13H18N2O3S/c1-11(2)15(7-8-18-3)19(16,17)13-6-4-5-12(9-13)10-14/h4-6,9,11H,7-8H2,1-3H3. The fourth-order valence-corrected chi connectivity index (χ4v) is 3.37. The highest BCUT2D eigenvalue weighted by Crippen LogP contribution is 2.19. The molecule has 0 bridgehead atoms. The Bertz CT molecular complexity index is 561. The molecule has 1 rings (SSSR count). The summed E-state index contributed by atoms with van der Waals surface area (Å²) >= 11 is 0. The van der Waals surface area contributed by atoms with E-state index in [0.29, 0.717) is 12.2 Å². The molecule has 0 aliphatic carbocycles. The van der Waals surface area contributed by atoms with Crippen LogP contribution >= 0.6 is 0 Å². The van der Waals surface area contributed by atoms with E-state index in [-0.39, 0.29) is 17.5 Å². The maximum Gasteiger partial charge on any atom is 0.243 e. The Balaban J connectivity index is 3.15. The number of sulfonamides is 1. The van der Waals surface area contributed by atoms with Gasteiger partial charge in [0.1, 0.15) is 0 Å². The second kappa shape index (κ2) is 6.66. The van der Waals surface area contributed by atoms with E-state index < -0.39 is 10.0 Å². The molecule has 0 saturated carbocycles. The van der Waals surface area contributed by atoms with E-state index in [1.807, 2.05) is 6.07 Å². The average molecular weight is 282 g/mol. The summed E-state index contributed by atoms with van der Waals surface area (Å²) in [5.74, 6) is 0. The molecule has 6 heteroatoms. The zero-order valence-electron chi connectivity index (χ0n) is 11.3. The molecule has 19 heavy (non-hydrogen) atoms. The minimum absolute atomic E-state index is 0.136. The molecule has 1 aromatic rings. The molecule has 0 aliphatic rings. The number of hydrogen-bond donors (Lipinski definition) is 0. The van der Waals surface area contributed by atoms with Gasteiger partial charge in [0.2, 0.25) is 10.0 Å². The van der Waals surface area contributed by atoms with E-state index in [9.17, 15) is 8.42 Å². The second-order valence-corrected chi connectivity index (χ2v) is 6.23. The Morgan fingerprint density at radius 2 is 2.11 bits per heavy atom. The Hall–Kier alpha value is -1.42. The summed E-state index contributed by atoms with van der Waals surface area (Å²) < 4.78 is 31.3. The summed E-state index contributed by atoms with van der Waals surface area (Å²) in [6, 6.07) is 7.80. The molecule has 0 N–H and O–H groups in total. The fourth-order valence-electron chi connectivity index (χ4n) is 1.70. The highest BCUT2D eigenvalue weighted by atomic mass is 32.2. The van der Waals surface area contributed by atoms with Crippen LogP contribution in [0.1, 0.15) is 19.4 Å². The Kier molecular flexibility index (Phi) is 5.48. The van der Waals surface area contributed by atoms with Gasteiger partial charge in [-0.2, -0.15) is 9.57 Å². The molecule has 0 heterocycles. The molecule has 0 aliphatic heterocycles. The third-order valence-electron chi connectivity index (χ3n) is 2.66. The minimum atomic E-state index is -3.60. The van der Waals surface area contributed by atoms with Crippen molar-refractivity contribution in [1.29, 1.82) is 5.26 Å². The lowest BCUT2D eigenvalue weighted by molar-refractivity contribution is 0.171. The third kappa shape index (κ3) is 3.77. The molecule has 104 valence electrons. The summed E-state index contributed by atoms with van der Waals surface area (Å²) in [4.78, 5) is 0.136. The first-order valence-corrected chi connectivity index (χ1v) is 7.38. The first-order valence-electron chi connectivity index (χ1n) is 5.94. The van der Waals surface area contributed by atoms with Crippen LogP contribution in [0.15, 0.2) is 29.2 Å². The largest absolute Gasteiger partial charge is 0.383 e. The van der Waals surface area contributed by atoms with Crippen LogP contribution in [0, 0.1) is 11.3 Å². The topological polar surface area (TPSA) is 70.4 Å². The van der Waals surface area contributed by atoms with Gasteiger partial charge in [0.05, 0.1) is 23.1 Å². The molecule has 0 radical (unpaired) electrons. The van der Waals surface area contributed by atoms with E-state index in [1.165, 1.54) is 23.5 Å². The molecule has 5 nitrogen and oxygen atoms in total. The number of methoxy groups -OCH3 is 1. The van der Waals surface area contributed by atoms with Crippen LogP contribution in [0.2, 0.25) is 0 Å². The van der Waals surface area contributed by atoms with Crippen molar-refractivity contribution in [2.24, 2.45) is 0 Å². The van der Waals surface area contributed by atoms with Crippen LogP contribution in [0.25, 0.3) is 0 Å². The molecule has 1 aromatic carbocycles. The molecular weight excluding hydrogens is 264 g/mol. The quantitative estimate of drug-likeness (QED) is 0.794. The van der Waals surface area contributed by atoms with Crippen LogP contribution in [-0.2, 0) is 14.8 Å². The number of nitriles is 1. The monoisotopic (exact) mass is 282 g/mol. The van der Waals surface area contributed by atoms with Crippen molar-refractivity contribution >= 4 is 10.0 Å². The van der Waals surface area contributed by atoms with E-state index in [4.69, 9.17) is 10.00 Å². The molecule has 0 atom stereocenters. The first kappa shape index (κ1) is 15.6. The predicted octanol–water partition coefficient (Wildman–Crippen LogP) is 1.60. The third-order valence-corrected chi connectivity index (χ3v) is 4.73. The van der Waals surface area contributed by atoms with Crippen molar-refractivity contribution in [2.75, 3.05) is 20.3 Å². The molecule has 0 unspecified atom stereocenters. The Morgan fingerprint density at radius 1 is 1.42 bits per heavy atom. The lowest BCUT2D eigenvalue weighted by Gasteiger charge is -2.25. The van der Waals surface area contributed by atoms with Crippen molar-refractivity contribution in [3.63, 3.8) is 0 Å². The molecule has 0 aromatic heterocycles. The second-order valence-electron chi connectivity index (χ2n) is 4.34. The van der Waals surface area contributed by atoms with Gasteiger partial charge >= 0.3 is 0 Å². The van der Waals surface area contributed by atoms with Crippen molar-refractivity contribution in [3.8, 4) is 6.07 Å². The highest BCUT2D eigenvalue weighted by molar-refractivity contribution is 7.89. The summed E-state index contributed by atoms with van der Waals surface area (Å²) in [6.45, 7) is 4.23. The molecule has 0 amide bonds. The van der Waals surface area contributed by atoms with Gasteiger partial charge in [-0.1, -0.05) is 6.07 Å². The van der Waals surface area contributed by atoms with E-state index in [0.717, 1.165) is 0 Å². The number of rotatable bonds is 6. The van der Waals surface area contributed by atoms with Crippen molar-refractivity contribution < 1.29 is 13.2 Å². The number of hydrogen-bond acceptors (Lipinski definition) is 4. The van der Waals surface area contributed by atoms with Crippen LogP contribution in [0.5, 0.6) is 0 Å². The van der Waals surface area contributed by atoms with E-state index in [1.54, 1.807) is 26.0 Å². The van der Waals surface area contributed by atoms with Crippen LogP contribution in [0.3, 0.4) is 0 Å². The van der Waals surface area contributed by atoms with Crippen LogP contribution < -0.4 is 0 Å². The van der Waals surface area contributed by atoms with Crippen molar-refractivity contribution in [1.82, 2.24) is 4.31 Å². The maximum absolute atomic E-state index is 12.5. The SMILES string of the molecule is COCCN(C(C)C)S(=O)(=O)c1cccc(C#N)c1. The maximum atomic E-state index is 12.5. The van der Waals surface area contributed by atoms with Crippen molar-refractivity contribution in [3.05, 3.63) is 29.8 Å². The summed E-state index contributed by atoms with van der Waals surface area (Å²) in [5.41, 5.74) is 0.330. The summed E-state index contributed by atoms with van der Waals surface area (Å²) in [7, 11) is -2.07. The number of benzene rings is 1. The minimum Gasteiger partial charge on any atom is -0.383 e. The first-order chi connectivity index (χ1) is 8.93. The Morgan fingerprint density at radius 3 is 2.63 bits per heavy atom. The number of ether oxygens (including phenoxy) is 1. The van der Waals surface area contributed by atoms with Gasteiger partial charge < -0.3 is 4.74 Å². The van der Waals surface area contributed by atoms with Gasteiger partial charge in [-0.05, 0) is 32.0 Å². The lowest BCUT2D eigenvalue weighted by Crippen LogP contribution is -2.39. The molecular formula is C13H18N2O3S. The van der Waals surface area contributed by atoms with Crippen LogP contribution in [0.4, 0.5) is 0 Å². The van der Waals surface area contributed by atoms with Gasteiger partial charge in [-0.25, -0.2) is 8.42 Å². The fraction of sp³-hybridized carbons (Fsp3) is 0.462. The molecule has 0 saturated heterocycles. The zero-order valence-corrected chi connectivity index (χ0v) is 12.1. The van der Waals surface area contributed by atoms with Gasteiger partial charge in [0, 0.05) is 19.7 Å². The van der Waals surface area contributed by atoms with Gasteiger partial charge in [-0.15, -0.1) is 0 Å². The predicted molar refractivity (Wildman–Crippen MR) is 72.1 cm³/mol. The normalized spacial score (nSPS) is 11.8. The average Bonchev–Trinajstić information content (AvgIpc) is 2.38. The van der Waals surface area contributed by atoms with Gasteiger partial charge in [0.25, 0.3) is 0 Å². The van der Waals surface area contributed by atoms with E-state index in [2.05, 4.69) is 0 Å². The van der Waals surface area contributed by atoms with Crippen molar-refractivity contribution in [2.45, 2.75) is 24.8 Å². The van der Waals surface area contributed by atoms with Gasteiger partial charge in [0.15, 0.2) is 0 Å². The smallest absolute Gasteiger partial charge is 0.243 e. The Labute approximate surface area is 114 Å². The zero-order chi connectivity index (χ0) is 14.5. The van der Waals surface area contributed by atoms with Gasteiger partial charge in [-0.3, -0.25) is 0 Å². The van der Waals surface area contributed by atoms with E-state index >= 15 is 0 Å². The van der Waals surface area contributed by atoms with Crippen LogP contribution in [-0.4, -0.2) is 39.0 Å². The summed E-state index contributed by atoms with van der Waals surface area (Å²) in [6.07, 6.45) is 0.